The lowest BCUT2D eigenvalue weighted by Crippen LogP contribution is -2.31. The smallest absolute Gasteiger partial charge is 0.223 e. The predicted molar refractivity (Wildman–Crippen MR) is 87.2 cm³/mol. The number of amides is 1. The molecule has 1 saturated heterocycles. The number of nitrogens with zero attached hydrogens (tertiary/aromatic N) is 2. The Morgan fingerprint density at radius 3 is 2.95 bits per heavy atom. The van der Waals surface area contributed by atoms with Crippen LogP contribution in [0.4, 0.5) is 0 Å². The maximum atomic E-state index is 12.3. The van der Waals surface area contributed by atoms with Crippen molar-refractivity contribution >= 4 is 17.2 Å². The van der Waals surface area contributed by atoms with E-state index < -0.39 is 0 Å². The number of benzene rings is 1. The van der Waals surface area contributed by atoms with Crippen LogP contribution in [0, 0.1) is 6.92 Å². The van der Waals surface area contributed by atoms with E-state index in [1.165, 1.54) is 4.88 Å². The lowest BCUT2D eigenvalue weighted by atomic mass is 10.2. The fraction of sp³-hybridized carbons (Fsp3) is 0.412. The fourth-order valence-electron chi connectivity index (χ4n) is 2.69. The van der Waals surface area contributed by atoms with Crippen LogP contribution in [0.3, 0.4) is 0 Å². The van der Waals surface area contributed by atoms with E-state index in [1.54, 1.807) is 11.3 Å². The Balaban J connectivity index is 1.47. The number of thiazole rings is 1. The summed E-state index contributed by atoms with van der Waals surface area (Å²) in [7, 11) is 0. The van der Waals surface area contributed by atoms with Gasteiger partial charge in [-0.05, 0) is 25.5 Å². The number of carbonyl (C=O) groups is 1. The Hall–Kier alpha value is -1.88. The lowest BCUT2D eigenvalue weighted by Gasteiger charge is -2.17. The third-order valence-corrected chi connectivity index (χ3v) is 4.95. The number of hydrogen-bond acceptors (Lipinski definition) is 4. The molecule has 0 N–H and O–H groups in total. The molecule has 1 unspecified atom stereocenters. The monoisotopic (exact) mass is 316 g/mol. The largest absolute Gasteiger partial charge is 0.489 e. The third kappa shape index (κ3) is 3.65. The van der Waals surface area contributed by atoms with Crippen LogP contribution in [0.5, 0.6) is 5.75 Å². The number of para-hydroxylation sites is 1. The summed E-state index contributed by atoms with van der Waals surface area (Å²) in [5.74, 6) is 1.09. The van der Waals surface area contributed by atoms with Gasteiger partial charge in [-0.25, -0.2) is 4.98 Å². The van der Waals surface area contributed by atoms with E-state index in [1.807, 2.05) is 47.7 Å². The SMILES string of the molecule is Cc1ncsc1CCC(=O)N1CCC(Oc2ccccc2)C1. The van der Waals surface area contributed by atoms with Gasteiger partial charge in [-0.1, -0.05) is 18.2 Å². The third-order valence-electron chi connectivity index (χ3n) is 3.95. The normalized spacial score (nSPS) is 17.7. The van der Waals surface area contributed by atoms with Crippen LogP contribution in [-0.4, -0.2) is 35.0 Å². The first-order valence-electron chi connectivity index (χ1n) is 7.61. The van der Waals surface area contributed by atoms with Crippen LogP contribution in [-0.2, 0) is 11.2 Å². The topological polar surface area (TPSA) is 42.4 Å². The minimum atomic E-state index is 0.108. The highest BCUT2D eigenvalue weighted by Gasteiger charge is 2.27. The van der Waals surface area contributed by atoms with Crippen LogP contribution >= 0.6 is 11.3 Å². The van der Waals surface area contributed by atoms with Gasteiger partial charge in [-0.3, -0.25) is 4.79 Å². The zero-order chi connectivity index (χ0) is 15.4. The molecular formula is C17H20N2O2S. The van der Waals surface area contributed by atoms with Crippen LogP contribution in [0.1, 0.15) is 23.4 Å². The molecule has 0 saturated carbocycles. The fourth-order valence-corrected chi connectivity index (χ4v) is 3.47. The Kier molecular flexibility index (Phi) is 4.73. The summed E-state index contributed by atoms with van der Waals surface area (Å²) in [6.45, 7) is 3.48. The van der Waals surface area contributed by atoms with E-state index in [2.05, 4.69) is 4.98 Å². The standard InChI is InChI=1S/C17H20N2O2S/c1-13-16(22-12-18-13)7-8-17(20)19-10-9-15(11-19)21-14-5-3-2-4-6-14/h2-6,12,15H,7-11H2,1H3. The number of aryl methyl sites for hydroxylation is 2. The summed E-state index contributed by atoms with van der Waals surface area (Å²) < 4.78 is 5.92. The summed E-state index contributed by atoms with van der Waals surface area (Å²) in [6, 6.07) is 9.81. The minimum absolute atomic E-state index is 0.108. The molecule has 5 heteroatoms. The summed E-state index contributed by atoms with van der Waals surface area (Å²) in [5, 5.41) is 0. The Morgan fingerprint density at radius 1 is 1.41 bits per heavy atom. The molecule has 0 radical (unpaired) electrons. The zero-order valence-corrected chi connectivity index (χ0v) is 13.5. The van der Waals surface area contributed by atoms with Crippen molar-refractivity contribution < 1.29 is 9.53 Å². The van der Waals surface area contributed by atoms with E-state index in [0.29, 0.717) is 13.0 Å². The van der Waals surface area contributed by atoms with Gasteiger partial charge in [0, 0.05) is 24.3 Å². The number of likely N-dealkylation sites (tertiary alicyclic amines) is 1. The van der Waals surface area contributed by atoms with E-state index >= 15 is 0 Å². The number of aromatic nitrogens is 1. The van der Waals surface area contributed by atoms with Crippen molar-refractivity contribution in [1.29, 1.82) is 0 Å². The molecule has 0 spiro atoms. The molecular weight excluding hydrogens is 296 g/mol. The molecule has 1 atom stereocenters. The molecule has 2 heterocycles. The molecule has 1 aromatic carbocycles. The van der Waals surface area contributed by atoms with E-state index in [0.717, 1.165) is 30.8 Å². The molecule has 1 aromatic heterocycles. The van der Waals surface area contributed by atoms with Crippen molar-refractivity contribution in [1.82, 2.24) is 9.88 Å². The van der Waals surface area contributed by atoms with Crippen molar-refractivity contribution in [3.8, 4) is 5.75 Å². The summed E-state index contributed by atoms with van der Waals surface area (Å²) in [5.41, 5.74) is 2.89. The van der Waals surface area contributed by atoms with Gasteiger partial charge in [0.1, 0.15) is 11.9 Å². The summed E-state index contributed by atoms with van der Waals surface area (Å²) in [4.78, 5) is 19.7. The molecule has 0 bridgehead atoms. The predicted octanol–water partition coefficient (Wildman–Crippen LogP) is 3.06. The molecule has 22 heavy (non-hydrogen) atoms. The second-order valence-corrected chi connectivity index (χ2v) is 6.48. The van der Waals surface area contributed by atoms with Gasteiger partial charge in [-0.15, -0.1) is 11.3 Å². The van der Waals surface area contributed by atoms with Crippen LogP contribution in [0.2, 0.25) is 0 Å². The highest BCUT2D eigenvalue weighted by atomic mass is 32.1. The zero-order valence-electron chi connectivity index (χ0n) is 12.7. The van der Waals surface area contributed by atoms with Crippen molar-refractivity contribution in [2.24, 2.45) is 0 Å². The van der Waals surface area contributed by atoms with Gasteiger partial charge >= 0.3 is 0 Å². The van der Waals surface area contributed by atoms with Gasteiger partial charge in [0.05, 0.1) is 17.7 Å². The van der Waals surface area contributed by atoms with Gasteiger partial charge in [0.25, 0.3) is 0 Å². The second kappa shape index (κ2) is 6.92. The molecule has 1 amide bonds. The average Bonchev–Trinajstić information content (AvgIpc) is 3.15. The van der Waals surface area contributed by atoms with Crippen LogP contribution in [0.25, 0.3) is 0 Å². The maximum Gasteiger partial charge on any atom is 0.223 e. The Morgan fingerprint density at radius 2 is 2.23 bits per heavy atom. The van der Waals surface area contributed by atoms with Crippen molar-refractivity contribution in [2.75, 3.05) is 13.1 Å². The second-order valence-electron chi connectivity index (χ2n) is 5.54. The van der Waals surface area contributed by atoms with E-state index in [4.69, 9.17) is 4.74 Å². The quantitative estimate of drug-likeness (QED) is 0.851. The van der Waals surface area contributed by atoms with Crippen LogP contribution < -0.4 is 4.74 Å². The Labute approximate surface area is 134 Å². The lowest BCUT2D eigenvalue weighted by molar-refractivity contribution is -0.130. The number of rotatable bonds is 5. The first-order valence-corrected chi connectivity index (χ1v) is 8.49. The molecule has 1 aliphatic rings. The van der Waals surface area contributed by atoms with Gasteiger partial charge in [0.15, 0.2) is 0 Å². The highest BCUT2D eigenvalue weighted by Crippen LogP contribution is 2.20. The molecule has 116 valence electrons. The van der Waals surface area contributed by atoms with Crippen LogP contribution in [0.15, 0.2) is 35.8 Å². The van der Waals surface area contributed by atoms with Gasteiger partial charge < -0.3 is 9.64 Å². The van der Waals surface area contributed by atoms with E-state index in [9.17, 15) is 4.79 Å². The number of carbonyl (C=O) groups excluding carboxylic acids is 1. The van der Waals surface area contributed by atoms with Crippen molar-refractivity contribution in [2.45, 2.75) is 32.3 Å². The molecule has 0 aliphatic carbocycles. The molecule has 1 fully saturated rings. The molecule has 3 rings (SSSR count). The van der Waals surface area contributed by atoms with Gasteiger partial charge in [-0.2, -0.15) is 0 Å². The summed E-state index contributed by atoms with van der Waals surface area (Å²) >= 11 is 1.63. The number of hydrogen-bond donors (Lipinski definition) is 0. The highest BCUT2D eigenvalue weighted by molar-refractivity contribution is 7.09. The first kappa shape index (κ1) is 15.0. The molecule has 2 aromatic rings. The number of ether oxygens (including phenoxy) is 1. The maximum absolute atomic E-state index is 12.3. The van der Waals surface area contributed by atoms with Gasteiger partial charge in [0.2, 0.25) is 5.91 Å². The van der Waals surface area contributed by atoms with Crippen molar-refractivity contribution in [3.63, 3.8) is 0 Å². The molecule has 1 aliphatic heterocycles. The first-order chi connectivity index (χ1) is 10.7. The van der Waals surface area contributed by atoms with Crippen molar-refractivity contribution in [3.05, 3.63) is 46.4 Å². The summed E-state index contributed by atoms with van der Waals surface area (Å²) in [6.07, 6.45) is 2.36. The minimum Gasteiger partial charge on any atom is -0.489 e. The average molecular weight is 316 g/mol. The Bertz CT molecular complexity index is 627. The molecule has 4 nitrogen and oxygen atoms in total. The van der Waals surface area contributed by atoms with E-state index in [-0.39, 0.29) is 12.0 Å².